The van der Waals surface area contributed by atoms with Crippen LogP contribution >= 0.6 is 7.60 Å². The van der Waals surface area contributed by atoms with E-state index in [0.29, 0.717) is 29.0 Å². The fraction of sp³-hybridized carbons (Fsp3) is 0.444. The Bertz CT molecular complexity index is 760. The molecule has 0 spiro atoms. The van der Waals surface area contributed by atoms with E-state index in [1.807, 2.05) is 0 Å². The number of benzene rings is 1. The molecular formula is C18H25N2O5P. The van der Waals surface area contributed by atoms with Crippen LogP contribution in [0, 0.1) is 6.92 Å². The van der Waals surface area contributed by atoms with E-state index in [1.54, 1.807) is 51.5 Å². The molecule has 0 radical (unpaired) electrons. The maximum atomic E-state index is 13.5. The number of rotatable bonds is 9. The van der Waals surface area contributed by atoms with Gasteiger partial charge in [0.2, 0.25) is 0 Å². The van der Waals surface area contributed by atoms with Gasteiger partial charge in [0.15, 0.2) is 11.5 Å². The minimum Gasteiger partial charge on any atom is -0.504 e. The lowest BCUT2D eigenvalue weighted by Gasteiger charge is -2.27. The predicted molar refractivity (Wildman–Crippen MR) is 98.7 cm³/mol. The van der Waals surface area contributed by atoms with Crippen LogP contribution in [0.25, 0.3) is 0 Å². The van der Waals surface area contributed by atoms with E-state index >= 15 is 0 Å². The molecule has 0 aliphatic carbocycles. The second-order valence-corrected chi connectivity index (χ2v) is 7.90. The Morgan fingerprint density at radius 1 is 1.19 bits per heavy atom. The first kappa shape index (κ1) is 20.4. The Labute approximate surface area is 153 Å². The number of ether oxygens (including phenoxy) is 1. The van der Waals surface area contributed by atoms with Crippen molar-refractivity contribution in [1.82, 2.24) is 9.97 Å². The molecule has 1 aromatic carbocycles. The van der Waals surface area contributed by atoms with Gasteiger partial charge in [0.05, 0.1) is 31.7 Å². The molecule has 2 aromatic rings. The third-order valence-corrected chi connectivity index (χ3v) is 6.39. The van der Waals surface area contributed by atoms with Crippen LogP contribution in [0.2, 0.25) is 0 Å². The Balaban J connectivity index is 2.56. The van der Waals surface area contributed by atoms with E-state index in [1.165, 1.54) is 7.11 Å². The van der Waals surface area contributed by atoms with Crippen LogP contribution in [-0.4, -0.2) is 35.4 Å². The van der Waals surface area contributed by atoms with E-state index in [-0.39, 0.29) is 19.0 Å². The average Bonchev–Trinajstić information content (AvgIpc) is 2.63. The van der Waals surface area contributed by atoms with Gasteiger partial charge in [-0.3, -0.25) is 14.5 Å². The van der Waals surface area contributed by atoms with Crippen molar-refractivity contribution < 1.29 is 23.5 Å². The quantitative estimate of drug-likeness (QED) is 0.656. The zero-order valence-electron chi connectivity index (χ0n) is 15.5. The van der Waals surface area contributed by atoms with E-state index < -0.39 is 13.3 Å². The van der Waals surface area contributed by atoms with Crippen molar-refractivity contribution in [1.29, 1.82) is 0 Å². The average molecular weight is 380 g/mol. The number of nitrogens with zero attached hydrogens (tertiary/aromatic N) is 2. The van der Waals surface area contributed by atoms with Gasteiger partial charge in [0, 0.05) is 25.0 Å². The third-order valence-electron chi connectivity index (χ3n) is 3.91. The van der Waals surface area contributed by atoms with Crippen molar-refractivity contribution in [2.24, 2.45) is 0 Å². The van der Waals surface area contributed by atoms with Crippen LogP contribution < -0.4 is 4.74 Å². The van der Waals surface area contributed by atoms with Crippen molar-refractivity contribution in [2.45, 2.75) is 32.9 Å². The summed E-state index contributed by atoms with van der Waals surface area (Å²) in [5.41, 5.74) is 1.37. The zero-order chi connectivity index (χ0) is 19.2. The van der Waals surface area contributed by atoms with Crippen molar-refractivity contribution in [3.05, 3.63) is 47.5 Å². The molecule has 1 aromatic heterocycles. The standard InChI is InChI=1S/C18H25N2O5P/c1-5-24-26(22,25-6-2)17(11-15-12-19-7-8-20-15)14-9-13(3)18(21)16(10-14)23-4/h7-10,12,17,21H,5-6,11H2,1-4H3. The van der Waals surface area contributed by atoms with E-state index in [4.69, 9.17) is 13.8 Å². The summed E-state index contributed by atoms with van der Waals surface area (Å²) in [5.74, 6) is 0.362. The smallest absolute Gasteiger partial charge is 0.338 e. The molecule has 142 valence electrons. The Hall–Kier alpha value is -1.95. The summed E-state index contributed by atoms with van der Waals surface area (Å²) < 4.78 is 29.9. The van der Waals surface area contributed by atoms with Gasteiger partial charge in [-0.25, -0.2) is 0 Å². The molecule has 1 heterocycles. The molecule has 0 aliphatic rings. The van der Waals surface area contributed by atoms with Gasteiger partial charge in [-0.05, 0) is 38.0 Å². The summed E-state index contributed by atoms with van der Waals surface area (Å²) in [7, 11) is -2.01. The number of methoxy groups -OCH3 is 1. The van der Waals surface area contributed by atoms with Gasteiger partial charge >= 0.3 is 7.60 Å². The largest absolute Gasteiger partial charge is 0.504 e. The van der Waals surface area contributed by atoms with Crippen LogP contribution in [0.1, 0.15) is 36.3 Å². The topological polar surface area (TPSA) is 90.8 Å². The highest BCUT2D eigenvalue weighted by molar-refractivity contribution is 7.54. The maximum Gasteiger partial charge on any atom is 0.338 e. The first-order chi connectivity index (χ1) is 12.4. The van der Waals surface area contributed by atoms with E-state index in [0.717, 1.165) is 0 Å². The molecule has 0 aliphatic heterocycles. The van der Waals surface area contributed by atoms with E-state index in [2.05, 4.69) is 9.97 Å². The molecule has 1 N–H and O–H groups in total. The summed E-state index contributed by atoms with van der Waals surface area (Å²) in [5, 5.41) is 10.1. The number of aromatic nitrogens is 2. The zero-order valence-corrected chi connectivity index (χ0v) is 16.4. The van der Waals surface area contributed by atoms with Gasteiger partial charge in [-0.1, -0.05) is 6.07 Å². The Morgan fingerprint density at radius 2 is 1.88 bits per heavy atom. The van der Waals surface area contributed by atoms with Gasteiger partial charge in [-0.2, -0.15) is 0 Å². The molecule has 0 fully saturated rings. The molecule has 1 unspecified atom stereocenters. The highest BCUT2D eigenvalue weighted by Crippen LogP contribution is 2.62. The maximum absolute atomic E-state index is 13.5. The minimum atomic E-state index is -3.49. The molecule has 0 amide bonds. The number of aromatic hydroxyl groups is 1. The first-order valence-electron chi connectivity index (χ1n) is 8.46. The summed E-state index contributed by atoms with van der Waals surface area (Å²) in [4.78, 5) is 8.36. The van der Waals surface area contributed by atoms with Gasteiger partial charge < -0.3 is 18.9 Å². The second-order valence-electron chi connectivity index (χ2n) is 5.68. The predicted octanol–water partition coefficient (Wildman–Crippen LogP) is 4.05. The fourth-order valence-electron chi connectivity index (χ4n) is 2.74. The van der Waals surface area contributed by atoms with Crippen LogP contribution in [0.3, 0.4) is 0 Å². The SMILES string of the molecule is CCOP(=O)(OCC)C(Cc1cnccn1)c1cc(C)c(O)c(OC)c1. The number of hydrogen-bond acceptors (Lipinski definition) is 7. The highest BCUT2D eigenvalue weighted by atomic mass is 31.2. The summed E-state index contributed by atoms with van der Waals surface area (Å²) >= 11 is 0. The van der Waals surface area contributed by atoms with Crippen molar-refractivity contribution in [2.75, 3.05) is 20.3 Å². The lowest BCUT2D eigenvalue weighted by Crippen LogP contribution is -2.11. The fourth-order valence-corrected chi connectivity index (χ4v) is 4.82. The molecule has 0 saturated carbocycles. The number of phenols is 1. The van der Waals surface area contributed by atoms with Crippen LogP contribution in [-0.2, 0) is 20.0 Å². The van der Waals surface area contributed by atoms with Crippen molar-refractivity contribution >= 4 is 7.60 Å². The van der Waals surface area contributed by atoms with Crippen molar-refractivity contribution in [3.63, 3.8) is 0 Å². The lowest BCUT2D eigenvalue weighted by molar-refractivity contribution is 0.211. The van der Waals surface area contributed by atoms with Crippen LogP contribution in [0.5, 0.6) is 11.5 Å². The second kappa shape index (κ2) is 9.12. The molecule has 2 rings (SSSR count). The summed E-state index contributed by atoms with van der Waals surface area (Å²) in [6.45, 7) is 5.80. The first-order valence-corrected chi connectivity index (χ1v) is 10.1. The van der Waals surface area contributed by atoms with Gasteiger partial charge in [0.25, 0.3) is 0 Å². The molecule has 0 saturated heterocycles. The number of hydrogen-bond donors (Lipinski definition) is 1. The molecule has 1 atom stereocenters. The number of phenolic OH excluding ortho intramolecular Hbond substituents is 1. The molecule has 8 heteroatoms. The lowest BCUT2D eigenvalue weighted by atomic mass is 10.0. The highest BCUT2D eigenvalue weighted by Gasteiger charge is 2.38. The van der Waals surface area contributed by atoms with Crippen molar-refractivity contribution in [3.8, 4) is 11.5 Å². The summed E-state index contributed by atoms with van der Waals surface area (Å²) in [6.07, 6.45) is 5.11. The van der Waals surface area contributed by atoms with Crippen LogP contribution in [0.15, 0.2) is 30.7 Å². The van der Waals surface area contributed by atoms with E-state index in [9.17, 15) is 9.67 Å². The monoisotopic (exact) mass is 380 g/mol. The van der Waals surface area contributed by atoms with Gasteiger partial charge in [0.1, 0.15) is 0 Å². The minimum absolute atomic E-state index is 0.0529. The summed E-state index contributed by atoms with van der Waals surface area (Å²) in [6, 6.07) is 3.43. The molecule has 0 bridgehead atoms. The number of aryl methyl sites for hydroxylation is 1. The Morgan fingerprint density at radius 3 is 2.42 bits per heavy atom. The molecule has 7 nitrogen and oxygen atoms in total. The molecular weight excluding hydrogens is 355 g/mol. The van der Waals surface area contributed by atoms with Gasteiger partial charge in [-0.15, -0.1) is 0 Å². The van der Waals surface area contributed by atoms with Crippen LogP contribution in [0.4, 0.5) is 0 Å². The Kier molecular flexibility index (Phi) is 7.14. The normalized spacial score (nSPS) is 12.8. The third kappa shape index (κ3) is 4.61. The molecule has 26 heavy (non-hydrogen) atoms.